The van der Waals surface area contributed by atoms with Crippen molar-refractivity contribution in [2.45, 2.75) is 65.0 Å². The summed E-state index contributed by atoms with van der Waals surface area (Å²) in [4.78, 5) is 12.3. The molecule has 2 rings (SSSR count). The summed E-state index contributed by atoms with van der Waals surface area (Å²) in [7, 11) is 0. The van der Waals surface area contributed by atoms with Crippen LogP contribution in [0.1, 0.15) is 56.5 Å². The van der Waals surface area contributed by atoms with Gasteiger partial charge in [0.15, 0.2) is 0 Å². The molecule has 0 aromatic carbocycles. The molecule has 1 atom stereocenters. The second kappa shape index (κ2) is 5.63. The third-order valence-electron chi connectivity index (χ3n) is 4.08. The zero-order chi connectivity index (χ0) is 14.0. The number of hydrogen-bond acceptors (Lipinski definition) is 3. The van der Waals surface area contributed by atoms with Crippen molar-refractivity contribution < 1.29 is 4.79 Å². The van der Waals surface area contributed by atoms with Gasteiger partial charge in [-0.3, -0.25) is 9.48 Å². The largest absolute Gasteiger partial charge is 0.396 e. The Balaban J connectivity index is 2.03. The fourth-order valence-corrected chi connectivity index (χ4v) is 2.73. The Morgan fingerprint density at radius 3 is 2.53 bits per heavy atom. The number of nitrogens with zero attached hydrogens (tertiary/aromatic N) is 2. The van der Waals surface area contributed by atoms with E-state index in [0.29, 0.717) is 11.7 Å². The molecule has 0 aliphatic heterocycles. The highest BCUT2D eigenvalue weighted by molar-refractivity contribution is 5.80. The molecule has 0 radical (unpaired) electrons. The van der Waals surface area contributed by atoms with Crippen LogP contribution < -0.4 is 11.1 Å². The lowest BCUT2D eigenvalue weighted by Gasteiger charge is -2.24. The number of rotatable bonds is 3. The van der Waals surface area contributed by atoms with E-state index < -0.39 is 0 Å². The fraction of sp³-hybridized carbons (Fsp3) is 0.714. The van der Waals surface area contributed by atoms with Crippen LogP contribution in [0.25, 0.3) is 0 Å². The van der Waals surface area contributed by atoms with E-state index in [4.69, 9.17) is 5.73 Å². The number of nitrogen functional groups attached to an aromatic ring is 1. The summed E-state index contributed by atoms with van der Waals surface area (Å²) >= 11 is 0. The minimum atomic E-state index is -0.307. The third kappa shape index (κ3) is 2.91. The predicted octanol–water partition coefficient (Wildman–Crippen LogP) is 2.09. The average Bonchev–Trinajstić information content (AvgIpc) is 2.67. The molecule has 1 saturated carbocycles. The smallest absolute Gasteiger partial charge is 0.244 e. The van der Waals surface area contributed by atoms with E-state index >= 15 is 0 Å². The van der Waals surface area contributed by atoms with Crippen LogP contribution in [0.4, 0.5) is 5.69 Å². The summed E-state index contributed by atoms with van der Waals surface area (Å²) in [6.07, 6.45) is 5.91. The van der Waals surface area contributed by atoms with Crippen LogP contribution >= 0.6 is 0 Å². The highest BCUT2D eigenvalue weighted by atomic mass is 16.2. The Hall–Kier alpha value is -1.52. The molecule has 0 spiro atoms. The van der Waals surface area contributed by atoms with E-state index in [9.17, 15) is 4.79 Å². The van der Waals surface area contributed by atoms with Gasteiger partial charge in [0.2, 0.25) is 5.91 Å². The zero-order valence-corrected chi connectivity index (χ0v) is 12.1. The molecule has 1 aliphatic carbocycles. The van der Waals surface area contributed by atoms with E-state index in [1.54, 1.807) is 4.68 Å². The SMILES string of the molecule is Cc1nn(C(C)C(=O)NC2CCCCC2)c(C)c1N. The highest BCUT2D eigenvalue weighted by Crippen LogP contribution is 2.21. The Labute approximate surface area is 114 Å². The van der Waals surface area contributed by atoms with Crippen molar-refractivity contribution in [3.8, 4) is 0 Å². The first-order valence-corrected chi connectivity index (χ1v) is 7.12. The molecule has 1 aromatic rings. The van der Waals surface area contributed by atoms with Gasteiger partial charge in [-0.15, -0.1) is 0 Å². The van der Waals surface area contributed by atoms with Crippen molar-refractivity contribution in [2.24, 2.45) is 0 Å². The van der Waals surface area contributed by atoms with Crippen LogP contribution in [0, 0.1) is 13.8 Å². The van der Waals surface area contributed by atoms with Crippen molar-refractivity contribution in [3.63, 3.8) is 0 Å². The van der Waals surface area contributed by atoms with Gasteiger partial charge in [-0.1, -0.05) is 19.3 Å². The van der Waals surface area contributed by atoms with E-state index in [1.807, 2.05) is 20.8 Å². The number of aromatic nitrogens is 2. The molecule has 1 aromatic heterocycles. The summed E-state index contributed by atoms with van der Waals surface area (Å²) in [5, 5.41) is 7.49. The third-order valence-corrected chi connectivity index (χ3v) is 4.08. The summed E-state index contributed by atoms with van der Waals surface area (Å²) in [6, 6.07) is 0.0240. The maximum atomic E-state index is 12.3. The highest BCUT2D eigenvalue weighted by Gasteiger charge is 2.23. The normalized spacial score (nSPS) is 18.3. The number of hydrogen-bond donors (Lipinski definition) is 2. The van der Waals surface area contributed by atoms with Crippen LogP contribution in [-0.2, 0) is 4.79 Å². The maximum Gasteiger partial charge on any atom is 0.244 e. The standard InChI is InChI=1S/C14H24N4O/c1-9-13(15)10(2)18(17-9)11(3)14(19)16-12-7-5-4-6-8-12/h11-12H,4-8,15H2,1-3H3,(H,16,19). The summed E-state index contributed by atoms with van der Waals surface area (Å²) in [5.74, 6) is 0.0394. The molecular weight excluding hydrogens is 240 g/mol. The van der Waals surface area contributed by atoms with Crippen LogP contribution in [0.2, 0.25) is 0 Å². The van der Waals surface area contributed by atoms with Crippen molar-refractivity contribution in [3.05, 3.63) is 11.4 Å². The molecule has 106 valence electrons. The van der Waals surface area contributed by atoms with Crippen LogP contribution in [0.5, 0.6) is 0 Å². The Kier molecular flexibility index (Phi) is 4.12. The molecule has 5 heteroatoms. The number of carbonyl (C=O) groups excluding carboxylic acids is 1. The second-order valence-corrected chi connectivity index (χ2v) is 5.55. The molecule has 1 fully saturated rings. The Morgan fingerprint density at radius 1 is 1.37 bits per heavy atom. The minimum absolute atomic E-state index is 0.0394. The van der Waals surface area contributed by atoms with E-state index in [1.165, 1.54) is 19.3 Å². The van der Waals surface area contributed by atoms with Crippen molar-refractivity contribution >= 4 is 11.6 Å². The van der Waals surface area contributed by atoms with Gasteiger partial charge in [-0.2, -0.15) is 5.10 Å². The van der Waals surface area contributed by atoms with Crippen LogP contribution in [-0.4, -0.2) is 21.7 Å². The lowest BCUT2D eigenvalue weighted by Crippen LogP contribution is -2.40. The average molecular weight is 264 g/mol. The molecule has 1 aliphatic rings. The molecule has 5 nitrogen and oxygen atoms in total. The van der Waals surface area contributed by atoms with Crippen LogP contribution in [0.3, 0.4) is 0 Å². The molecule has 1 amide bonds. The van der Waals surface area contributed by atoms with Gasteiger partial charge in [0, 0.05) is 6.04 Å². The number of anilines is 1. The first kappa shape index (κ1) is 13.9. The Bertz CT molecular complexity index is 460. The number of carbonyl (C=O) groups is 1. The number of nitrogens with two attached hydrogens (primary N) is 1. The summed E-state index contributed by atoms with van der Waals surface area (Å²) in [5.41, 5.74) is 8.24. The molecular formula is C14H24N4O. The first-order chi connectivity index (χ1) is 9.00. The van der Waals surface area contributed by atoms with Gasteiger partial charge in [0.1, 0.15) is 6.04 Å². The molecule has 1 heterocycles. The van der Waals surface area contributed by atoms with Crippen molar-refractivity contribution in [1.29, 1.82) is 0 Å². The lowest BCUT2D eigenvalue weighted by atomic mass is 9.95. The first-order valence-electron chi connectivity index (χ1n) is 7.12. The predicted molar refractivity (Wildman–Crippen MR) is 75.8 cm³/mol. The monoisotopic (exact) mass is 264 g/mol. The number of aryl methyl sites for hydroxylation is 1. The number of amides is 1. The van der Waals surface area contributed by atoms with Gasteiger partial charge in [0.05, 0.1) is 17.1 Å². The van der Waals surface area contributed by atoms with Crippen molar-refractivity contribution in [1.82, 2.24) is 15.1 Å². The molecule has 0 bridgehead atoms. The molecule has 3 N–H and O–H groups in total. The van der Waals surface area contributed by atoms with Gasteiger partial charge >= 0.3 is 0 Å². The molecule has 19 heavy (non-hydrogen) atoms. The van der Waals surface area contributed by atoms with Crippen LogP contribution in [0.15, 0.2) is 0 Å². The molecule has 0 saturated heterocycles. The Morgan fingerprint density at radius 2 is 2.00 bits per heavy atom. The van der Waals surface area contributed by atoms with Crippen molar-refractivity contribution in [2.75, 3.05) is 5.73 Å². The minimum Gasteiger partial charge on any atom is -0.396 e. The van der Waals surface area contributed by atoms with Gasteiger partial charge in [-0.25, -0.2) is 0 Å². The topological polar surface area (TPSA) is 72.9 Å². The van der Waals surface area contributed by atoms with Gasteiger partial charge in [-0.05, 0) is 33.6 Å². The summed E-state index contributed by atoms with van der Waals surface area (Å²) in [6.45, 7) is 5.64. The van der Waals surface area contributed by atoms with E-state index in [0.717, 1.165) is 24.2 Å². The quantitative estimate of drug-likeness (QED) is 0.878. The van der Waals surface area contributed by atoms with E-state index in [-0.39, 0.29) is 11.9 Å². The van der Waals surface area contributed by atoms with E-state index in [2.05, 4.69) is 10.4 Å². The fourth-order valence-electron chi connectivity index (χ4n) is 2.73. The second-order valence-electron chi connectivity index (χ2n) is 5.55. The summed E-state index contributed by atoms with van der Waals surface area (Å²) < 4.78 is 1.73. The number of nitrogens with one attached hydrogen (secondary N) is 1. The zero-order valence-electron chi connectivity index (χ0n) is 12.1. The van der Waals surface area contributed by atoms with Gasteiger partial charge in [0.25, 0.3) is 0 Å². The maximum absolute atomic E-state index is 12.3. The lowest BCUT2D eigenvalue weighted by molar-refractivity contribution is -0.125. The van der Waals surface area contributed by atoms with Gasteiger partial charge < -0.3 is 11.1 Å². The molecule has 1 unspecified atom stereocenters.